The van der Waals surface area contributed by atoms with Crippen LogP contribution in [0.4, 0.5) is 0 Å². The Morgan fingerprint density at radius 3 is 1.65 bits per heavy atom. The van der Waals surface area contributed by atoms with Gasteiger partial charge in [0.1, 0.15) is 44.5 Å². The van der Waals surface area contributed by atoms with Crippen LogP contribution in [0.1, 0.15) is 48.8 Å². The average molecular weight is 982 g/mol. The number of nitrogens with one attached hydrogen (secondary N) is 1. The van der Waals surface area contributed by atoms with Crippen molar-refractivity contribution in [3.8, 4) is 34.5 Å². The van der Waals surface area contributed by atoms with E-state index in [4.69, 9.17) is 38.1 Å². The Kier molecular flexibility index (Phi) is 14.8. The monoisotopic (exact) mass is 981 g/mol. The topological polar surface area (TPSA) is 171 Å². The molecule has 1 amide bonds. The fraction of sp³-hybridized carbons (Fsp3) is 0.123. The van der Waals surface area contributed by atoms with Gasteiger partial charge in [-0.3, -0.25) is 4.79 Å². The molecule has 72 heavy (non-hydrogen) atoms. The Bertz CT molecular complexity index is 3520. The summed E-state index contributed by atoms with van der Waals surface area (Å²) >= 11 is 0. The average Bonchev–Trinajstić information content (AvgIpc) is 3.42. The summed E-state index contributed by atoms with van der Waals surface area (Å²) in [6, 6.07) is 53.5. The first-order chi connectivity index (χ1) is 35.1. The number of carbonyl (C=O) groups excluding carboxylic acids is 2. The quantitative estimate of drug-likeness (QED) is 0.0716. The van der Waals surface area contributed by atoms with E-state index in [-0.39, 0.29) is 42.6 Å². The van der Waals surface area contributed by atoms with Gasteiger partial charge in [-0.25, -0.2) is 27.9 Å². The van der Waals surface area contributed by atoms with Crippen molar-refractivity contribution in [3.63, 3.8) is 0 Å². The Morgan fingerprint density at radius 1 is 0.458 bits per heavy atom. The van der Waals surface area contributed by atoms with E-state index >= 15 is 0 Å². The van der Waals surface area contributed by atoms with E-state index in [1.54, 1.807) is 42.5 Å². The summed E-state index contributed by atoms with van der Waals surface area (Å²) in [5.74, 6) is 1.46. The van der Waals surface area contributed by atoms with Crippen LogP contribution < -0.4 is 33.1 Å². The minimum absolute atomic E-state index is 0.0267. The number of hydrogen-bond acceptors (Lipinski definition) is 13. The number of benzene rings is 7. The molecule has 0 unspecified atom stereocenters. The molecule has 0 aliphatic heterocycles. The van der Waals surface area contributed by atoms with Gasteiger partial charge in [0.15, 0.2) is 23.0 Å². The molecule has 14 nitrogen and oxygen atoms in total. The van der Waals surface area contributed by atoms with E-state index < -0.39 is 21.9 Å². The number of esters is 1. The number of carbonyl (C=O) groups is 2. The molecule has 0 bridgehead atoms. The third kappa shape index (κ3) is 12.1. The number of pyridine rings is 2. The second kappa shape index (κ2) is 22.2. The Hall–Kier alpha value is -8.95. The number of aromatic nitrogens is 2. The zero-order valence-electron chi connectivity index (χ0n) is 39.1. The summed E-state index contributed by atoms with van der Waals surface area (Å²) < 4.78 is 68.4. The van der Waals surface area contributed by atoms with E-state index in [0.717, 1.165) is 44.2 Å². The van der Waals surface area contributed by atoms with Gasteiger partial charge < -0.3 is 33.2 Å². The van der Waals surface area contributed by atoms with Crippen LogP contribution in [-0.2, 0) is 47.8 Å². The molecule has 2 heterocycles. The number of fused-ring (bicyclic) bond motifs is 2. The number of amides is 1. The molecule has 0 fully saturated rings. The summed E-state index contributed by atoms with van der Waals surface area (Å²) in [6.07, 6.45) is 0. The van der Waals surface area contributed by atoms with Gasteiger partial charge in [-0.1, -0.05) is 78.9 Å². The van der Waals surface area contributed by atoms with Gasteiger partial charge in [0.05, 0.1) is 47.1 Å². The lowest BCUT2D eigenvalue weighted by atomic mass is 10.1. The Morgan fingerprint density at radius 2 is 1.01 bits per heavy atom. The van der Waals surface area contributed by atoms with E-state index in [0.29, 0.717) is 46.6 Å². The van der Waals surface area contributed by atoms with Gasteiger partial charge >= 0.3 is 5.97 Å². The molecule has 0 aliphatic rings. The molecule has 9 aromatic rings. The molecule has 0 aliphatic carbocycles. The lowest BCUT2D eigenvalue weighted by molar-refractivity contribution is 0.0472. The summed E-state index contributed by atoms with van der Waals surface area (Å²) in [7, 11) is -1.11. The molecule has 0 saturated heterocycles. The lowest BCUT2D eigenvalue weighted by Crippen LogP contribution is -2.30. The first kappa shape index (κ1) is 48.1. The Labute approximate surface area is 415 Å². The van der Waals surface area contributed by atoms with Crippen LogP contribution in [-0.4, -0.2) is 44.5 Å². The maximum atomic E-state index is 13.2. The zero-order chi connectivity index (χ0) is 49.9. The molecule has 0 spiro atoms. The second-order valence-electron chi connectivity index (χ2n) is 16.3. The van der Waals surface area contributed by atoms with Gasteiger partial charge in [0.2, 0.25) is 0 Å². The smallest absolute Gasteiger partial charge is 0.338 e. The number of hydrogen-bond donors (Lipinski definition) is 1. The van der Waals surface area contributed by atoms with Crippen molar-refractivity contribution >= 4 is 43.7 Å². The minimum Gasteiger partial charge on any atom is -0.493 e. The van der Waals surface area contributed by atoms with Gasteiger partial charge in [-0.15, -0.1) is 0 Å². The number of ether oxygens (including phenoxy) is 7. The molecular formula is C57H47N3O11S. The molecule has 362 valence electrons. The third-order valence-electron chi connectivity index (χ3n) is 11.3. The molecule has 9 rings (SSSR count). The van der Waals surface area contributed by atoms with Crippen molar-refractivity contribution in [2.45, 2.75) is 37.9 Å². The molecular weight excluding hydrogens is 935 g/mol. The normalized spacial score (nSPS) is 11.1. The summed E-state index contributed by atoms with van der Waals surface area (Å²) in [5.41, 5.74) is 6.10. The van der Waals surface area contributed by atoms with Crippen molar-refractivity contribution in [2.24, 2.45) is 0 Å². The van der Waals surface area contributed by atoms with Gasteiger partial charge in [0, 0.05) is 16.3 Å². The van der Waals surface area contributed by atoms with Crippen molar-refractivity contribution in [1.29, 1.82) is 0 Å². The van der Waals surface area contributed by atoms with Gasteiger partial charge in [-0.2, -0.15) is 0 Å². The van der Waals surface area contributed by atoms with E-state index in [1.165, 1.54) is 38.5 Å². The highest BCUT2D eigenvalue weighted by Gasteiger charge is 2.20. The molecule has 1 N–H and O–H groups in total. The standard InChI is InChI=1S/C57H47N3O11S/c1-65-54-31-43(56(61)60-72(63,64)49-15-4-3-5-16-49)21-26-52(54)69-33-38-10-8-14-48(29-38)68-37-46-24-20-42-28-40(18-25-51(42)59-46)35-71-57(62)44-22-27-53(55(32-44)66-2)70-34-39-11-9-13-47(30-39)67-36-45-23-19-41-12-6-7-17-50(41)58-45/h3-32H,33-37H2,1-2H3,(H,60,61). The minimum atomic E-state index is -4.06. The number of para-hydroxylation sites is 1. The SMILES string of the molecule is COc1cc(C(=O)NS(=O)(=O)c2ccccc2)ccc1OCc1cccc(OCc2ccc3cc(COC(=O)c4ccc(OCc5cccc(OCc6ccc7ccccc7n6)c5)c(OC)c4)ccc3n2)c1. The van der Waals surface area contributed by atoms with Crippen molar-refractivity contribution in [1.82, 2.24) is 14.7 Å². The van der Waals surface area contributed by atoms with E-state index in [9.17, 15) is 18.0 Å². The van der Waals surface area contributed by atoms with Crippen molar-refractivity contribution < 1.29 is 51.2 Å². The maximum Gasteiger partial charge on any atom is 0.338 e. The van der Waals surface area contributed by atoms with Crippen LogP contribution in [0.5, 0.6) is 34.5 Å². The fourth-order valence-electron chi connectivity index (χ4n) is 7.58. The number of nitrogens with zero attached hydrogens (tertiary/aromatic N) is 2. The molecule has 15 heteroatoms. The van der Waals surface area contributed by atoms with Crippen LogP contribution in [0.25, 0.3) is 21.8 Å². The first-order valence-electron chi connectivity index (χ1n) is 22.7. The molecule has 2 aromatic heterocycles. The highest BCUT2D eigenvalue weighted by Crippen LogP contribution is 2.32. The molecule has 7 aromatic carbocycles. The lowest BCUT2D eigenvalue weighted by Gasteiger charge is -2.13. The van der Waals surface area contributed by atoms with Crippen LogP contribution >= 0.6 is 0 Å². The second-order valence-corrected chi connectivity index (χ2v) is 18.0. The summed E-state index contributed by atoms with van der Waals surface area (Å²) in [5, 5.41) is 1.95. The molecule has 0 saturated carbocycles. The third-order valence-corrected chi connectivity index (χ3v) is 12.6. The predicted octanol–water partition coefficient (Wildman–Crippen LogP) is 10.6. The van der Waals surface area contributed by atoms with Crippen LogP contribution in [0, 0.1) is 0 Å². The van der Waals surface area contributed by atoms with Crippen LogP contribution in [0.15, 0.2) is 187 Å². The maximum absolute atomic E-state index is 13.2. The number of sulfonamides is 1. The van der Waals surface area contributed by atoms with Gasteiger partial charge in [-0.05, 0) is 120 Å². The number of rotatable bonds is 20. The largest absolute Gasteiger partial charge is 0.493 e. The zero-order valence-corrected chi connectivity index (χ0v) is 40.0. The fourth-order valence-corrected chi connectivity index (χ4v) is 8.57. The van der Waals surface area contributed by atoms with Crippen LogP contribution in [0.2, 0.25) is 0 Å². The highest BCUT2D eigenvalue weighted by atomic mass is 32.2. The van der Waals surface area contributed by atoms with E-state index in [1.807, 2.05) is 115 Å². The Balaban J connectivity index is 0.738. The molecule has 0 radical (unpaired) electrons. The predicted molar refractivity (Wildman–Crippen MR) is 270 cm³/mol. The summed E-state index contributed by atoms with van der Waals surface area (Å²) in [4.78, 5) is 35.5. The first-order valence-corrected chi connectivity index (χ1v) is 24.2. The summed E-state index contributed by atoms with van der Waals surface area (Å²) in [6.45, 7) is 0.987. The molecule has 0 atom stereocenters. The van der Waals surface area contributed by atoms with Crippen LogP contribution in [0.3, 0.4) is 0 Å². The highest BCUT2D eigenvalue weighted by molar-refractivity contribution is 7.90. The van der Waals surface area contributed by atoms with Crippen molar-refractivity contribution in [2.75, 3.05) is 14.2 Å². The van der Waals surface area contributed by atoms with E-state index in [2.05, 4.69) is 9.71 Å². The van der Waals surface area contributed by atoms with Crippen molar-refractivity contribution in [3.05, 3.63) is 221 Å². The number of methoxy groups -OCH3 is 2. The van der Waals surface area contributed by atoms with Gasteiger partial charge in [0.25, 0.3) is 15.9 Å².